The number of carbonyl (C=O) groups is 1. The van der Waals surface area contributed by atoms with Crippen LogP contribution >= 0.6 is 12.6 Å². The van der Waals surface area contributed by atoms with E-state index in [0.29, 0.717) is 30.6 Å². The minimum Gasteiger partial charge on any atom is -0.387 e. The quantitative estimate of drug-likeness (QED) is 0.311. The van der Waals surface area contributed by atoms with Gasteiger partial charge >= 0.3 is 0 Å². The molecule has 5 rings (SSSR count). The molecule has 1 unspecified atom stereocenters. The van der Waals surface area contributed by atoms with Crippen LogP contribution in [0.15, 0.2) is 59.4 Å². The highest BCUT2D eigenvalue weighted by molar-refractivity contribution is 7.80. The van der Waals surface area contributed by atoms with Crippen LogP contribution in [-0.4, -0.2) is 45.1 Å². The first kappa shape index (κ1) is 25.6. The molecule has 1 aliphatic carbocycles. The second-order valence-electron chi connectivity index (χ2n) is 9.67. The average Bonchev–Trinajstić information content (AvgIpc) is 2.86. The van der Waals surface area contributed by atoms with Gasteiger partial charge < -0.3 is 15.3 Å². The van der Waals surface area contributed by atoms with Crippen LogP contribution in [0.5, 0.6) is 0 Å². The summed E-state index contributed by atoms with van der Waals surface area (Å²) in [5.74, 6) is 0.602. The summed E-state index contributed by atoms with van der Waals surface area (Å²) in [7, 11) is 0. The minimum atomic E-state index is -0.803. The monoisotopic (exact) mass is 522 g/mol. The zero-order valence-corrected chi connectivity index (χ0v) is 21.4. The molecule has 1 aliphatic heterocycles. The molecule has 0 bridgehead atoms. The first-order chi connectivity index (χ1) is 17.9. The molecular formula is C28H31FN4O3S. The SMILES string of the molecule is O=C(CCNC[C@H](O)c1ccc(F)cc1)N1CCc2nc(C3CCC3)n(-c3ccccc3)c(=O)c2C1S. The molecular weight excluding hydrogens is 491 g/mol. The summed E-state index contributed by atoms with van der Waals surface area (Å²) in [6, 6.07) is 15.2. The van der Waals surface area contributed by atoms with E-state index >= 15 is 0 Å². The molecule has 1 saturated carbocycles. The van der Waals surface area contributed by atoms with E-state index < -0.39 is 11.5 Å². The number of aliphatic hydroxyl groups is 1. The minimum absolute atomic E-state index is 0.122. The average molecular weight is 523 g/mol. The van der Waals surface area contributed by atoms with Gasteiger partial charge in [0.2, 0.25) is 5.91 Å². The highest BCUT2D eigenvalue weighted by atomic mass is 32.1. The molecule has 2 heterocycles. The van der Waals surface area contributed by atoms with Crippen molar-refractivity contribution in [2.24, 2.45) is 0 Å². The molecule has 2 aliphatic rings. The second-order valence-corrected chi connectivity index (χ2v) is 10.2. The Morgan fingerprint density at radius 1 is 1.16 bits per heavy atom. The summed E-state index contributed by atoms with van der Waals surface area (Å²) < 4.78 is 14.8. The molecule has 0 radical (unpaired) electrons. The van der Waals surface area contributed by atoms with E-state index in [-0.39, 0.29) is 36.2 Å². The molecule has 37 heavy (non-hydrogen) atoms. The number of fused-ring (bicyclic) bond motifs is 1. The van der Waals surface area contributed by atoms with Crippen molar-refractivity contribution in [3.63, 3.8) is 0 Å². The van der Waals surface area contributed by atoms with E-state index in [2.05, 4.69) is 5.32 Å². The Kier molecular flexibility index (Phi) is 7.73. The molecule has 2 atom stereocenters. The lowest BCUT2D eigenvalue weighted by Gasteiger charge is -2.35. The lowest BCUT2D eigenvalue weighted by Crippen LogP contribution is -2.44. The lowest BCUT2D eigenvalue weighted by atomic mass is 9.84. The third-order valence-corrected chi connectivity index (χ3v) is 7.82. The van der Waals surface area contributed by atoms with Crippen molar-refractivity contribution < 1.29 is 14.3 Å². The van der Waals surface area contributed by atoms with Gasteiger partial charge in [0.05, 0.1) is 23.0 Å². The van der Waals surface area contributed by atoms with Crippen LogP contribution in [0, 0.1) is 5.82 Å². The Morgan fingerprint density at radius 2 is 1.89 bits per heavy atom. The Labute approximate surface area is 220 Å². The summed E-state index contributed by atoms with van der Waals surface area (Å²) in [5, 5.41) is 12.7. The van der Waals surface area contributed by atoms with E-state index in [1.54, 1.807) is 9.47 Å². The molecule has 0 spiro atoms. The summed E-state index contributed by atoms with van der Waals surface area (Å²) in [4.78, 5) is 33.5. The largest absolute Gasteiger partial charge is 0.387 e. The fraction of sp³-hybridized carbons (Fsp3) is 0.393. The summed E-state index contributed by atoms with van der Waals surface area (Å²) in [5.41, 5.74) is 2.43. The van der Waals surface area contributed by atoms with Gasteiger partial charge in [0, 0.05) is 38.4 Å². The van der Waals surface area contributed by atoms with Crippen molar-refractivity contribution in [2.45, 2.75) is 49.5 Å². The number of halogens is 1. The number of amides is 1. The Hall–Kier alpha value is -3.01. The lowest BCUT2D eigenvalue weighted by molar-refractivity contribution is -0.132. The van der Waals surface area contributed by atoms with Crippen LogP contribution in [0.1, 0.15) is 65.7 Å². The summed E-state index contributed by atoms with van der Waals surface area (Å²) in [6.45, 7) is 1.04. The van der Waals surface area contributed by atoms with E-state index in [4.69, 9.17) is 17.6 Å². The van der Waals surface area contributed by atoms with E-state index in [1.165, 1.54) is 24.3 Å². The number of rotatable bonds is 8. The number of hydrogen-bond donors (Lipinski definition) is 3. The number of hydrogen-bond acceptors (Lipinski definition) is 6. The van der Waals surface area contributed by atoms with Crippen LogP contribution in [0.25, 0.3) is 5.69 Å². The summed E-state index contributed by atoms with van der Waals surface area (Å²) in [6.07, 6.45) is 3.09. The molecule has 194 valence electrons. The van der Waals surface area contributed by atoms with Crippen molar-refractivity contribution in [3.8, 4) is 5.69 Å². The maximum Gasteiger partial charge on any atom is 0.264 e. The number of nitrogens with zero attached hydrogens (tertiary/aromatic N) is 3. The third-order valence-electron chi connectivity index (χ3n) is 7.28. The van der Waals surface area contributed by atoms with E-state index in [0.717, 1.165) is 36.5 Å². The normalized spacial score (nSPS) is 18.2. The van der Waals surface area contributed by atoms with Gasteiger partial charge in [0.15, 0.2) is 0 Å². The van der Waals surface area contributed by atoms with Gasteiger partial charge in [0.25, 0.3) is 5.56 Å². The third kappa shape index (κ3) is 5.35. The van der Waals surface area contributed by atoms with Crippen molar-refractivity contribution in [1.82, 2.24) is 19.8 Å². The van der Waals surface area contributed by atoms with E-state index in [1.807, 2.05) is 30.3 Å². The summed E-state index contributed by atoms with van der Waals surface area (Å²) >= 11 is 4.72. The van der Waals surface area contributed by atoms with Crippen molar-refractivity contribution in [2.75, 3.05) is 19.6 Å². The predicted octanol–water partition coefficient (Wildman–Crippen LogP) is 3.67. The smallest absolute Gasteiger partial charge is 0.264 e. The number of aromatic nitrogens is 2. The van der Waals surface area contributed by atoms with Crippen molar-refractivity contribution in [3.05, 3.63) is 93.4 Å². The number of para-hydroxylation sites is 1. The second kappa shape index (κ2) is 11.2. The number of thiol groups is 1. The Morgan fingerprint density at radius 3 is 2.57 bits per heavy atom. The molecule has 0 saturated heterocycles. The van der Waals surface area contributed by atoms with Crippen LogP contribution in [0.3, 0.4) is 0 Å². The zero-order chi connectivity index (χ0) is 25.9. The van der Waals surface area contributed by atoms with Gasteiger partial charge in [-0.05, 0) is 42.7 Å². The van der Waals surface area contributed by atoms with Crippen LogP contribution in [0.2, 0.25) is 0 Å². The Balaban J connectivity index is 1.28. The fourth-order valence-electron chi connectivity index (χ4n) is 4.96. The van der Waals surface area contributed by atoms with Crippen molar-refractivity contribution in [1.29, 1.82) is 0 Å². The molecule has 1 fully saturated rings. The zero-order valence-electron chi connectivity index (χ0n) is 20.5. The van der Waals surface area contributed by atoms with Gasteiger partial charge in [-0.1, -0.05) is 36.8 Å². The van der Waals surface area contributed by atoms with Gasteiger partial charge in [-0.2, -0.15) is 0 Å². The van der Waals surface area contributed by atoms with E-state index in [9.17, 15) is 19.1 Å². The van der Waals surface area contributed by atoms with Gasteiger partial charge in [-0.3, -0.25) is 14.2 Å². The number of nitrogens with one attached hydrogen (secondary N) is 1. The Bertz CT molecular complexity index is 1310. The molecule has 2 aromatic carbocycles. The molecule has 9 heteroatoms. The maximum absolute atomic E-state index is 13.8. The fourth-order valence-corrected chi connectivity index (χ4v) is 5.46. The first-order valence-corrected chi connectivity index (χ1v) is 13.3. The topological polar surface area (TPSA) is 87.5 Å². The number of carbonyl (C=O) groups excluding carboxylic acids is 1. The highest BCUT2D eigenvalue weighted by Crippen LogP contribution is 2.38. The van der Waals surface area contributed by atoms with Crippen molar-refractivity contribution >= 4 is 18.5 Å². The number of benzene rings is 2. The maximum atomic E-state index is 13.8. The highest BCUT2D eigenvalue weighted by Gasteiger charge is 2.35. The van der Waals surface area contributed by atoms with Gasteiger partial charge in [-0.25, -0.2) is 9.37 Å². The predicted molar refractivity (Wildman–Crippen MR) is 142 cm³/mol. The molecule has 3 aromatic rings. The first-order valence-electron chi connectivity index (χ1n) is 12.8. The standard InChI is InChI=1S/C28H31FN4O3S/c29-20-11-9-18(10-12-20)23(34)17-30-15-13-24(35)32-16-14-22-25(28(32)37)27(36)33(21-7-2-1-3-8-21)26(31-22)19-5-4-6-19/h1-3,7-12,19,23,28,30,34,37H,4-6,13-17H2/t23-,28?/m0/s1. The molecule has 1 amide bonds. The van der Waals surface area contributed by atoms with Crippen LogP contribution < -0.4 is 10.9 Å². The molecule has 7 nitrogen and oxygen atoms in total. The molecule has 2 N–H and O–H groups in total. The molecule has 1 aromatic heterocycles. The van der Waals surface area contributed by atoms with Gasteiger partial charge in [0.1, 0.15) is 17.0 Å². The van der Waals surface area contributed by atoms with Gasteiger partial charge in [-0.15, -0.1) is 12.6 Å². The van der Waals surface area contributed by atoms with Crippen LogP contribution in [-0.2, 0) is 11.2 Å². The van der Waals surface area contributed by atoms with Crippen LogP contribution in [0.4, 0.5) is 4.39 Å². The number of aliphatic hydroxyl groups excluding tert-OH is 1.